The minimum absolute atomic E-state index is 0.237. The van der Waals surface area contributed by atoms with Crippen molar-refractivity contribution in [2.45, 2.75) is 6.18 Å². The molecule has 21 heavy (non-hydrogen) atoms. The van der Waals surface area contributed by atoms with Gasteiger partial charge in [0.2, 0.25) is 0 Å². The van der Waals surface area contributed by atoms with Crippen LogP contribution in [0.3, 0.4) is 0 Å². The van der Waals surface area contributed by atoms with Gasteiger partial charge in [-0.2, -0.15) is 13.2 Å². The third-order valence-corrected chi connectivity index (χ3v) is 2.97. The number of hydrogen-bond donors (Lipinski definition) is 1. The van der Waals surface area contributed by atoms with Crippen LogP contribution in [0, 0.1) is 0 Å². The second-order valence-electron chi connectivity index (χ2n) is 4.02. The monoisotopic (exact) mass is 359 g/mol. The van der Waals surface area contributed by atoms with E-state index in [1.165, 1.54) is 18.2 Å². The van der Waals surface area contributed by atoms with Crippen LogP contribution in [0.2, 0.25) is 0 Å². The van der Waals surface area contributed by atoms with Crippen LogP contribution < -0.4 is 10.1 Å². The third kappa shape index (κ3) is 4.22. The zero-order valence-electron chi connectivity index (χ0n) is 10.4. The maximum Gasteiger partial charge on any atom is 0.418 e. The second kappa shape index (κ2) is 6.17. The first-order valence-corrected chi connectivity index (χ1v) is 6.56. The molecule has 2 aromatic carbocycles. The molecule has 1 amide bonds. The SMILES string of the molecule is O=C(Nc1ccc(Br)cc1C(F)(F)F)Oc1ccccc1. The minimum atomic E-state index is -4.58. The normalized spacial score (nSPS) is 11.0. The quantitative estimate of drug-likeness (QED) is 0.811. The highest BCUT2D eigenvalue weighted by molar-refractivity contribution is 9.10. The van der Waals surface area contributed by atoms with Crippen molar-refractivity contribution in [2.75, 3.05) is 5.32 Å². The van der Waals surface area contributed by atoms with Crippen molar-refractivity contribution >= 4 is 27.7 Å². The number of benzene rings is 2. The van der Waals surface area contributed by atoms with Gasteiger partial charge in [-0.25, -0.2) is 4.79 Å². The molecule has 0 radical (unpaired) electrons. The van der Waals surface area contributed by atoms with E-state index >= 15 is 0 Å². The molecule has 0 saturated heterocycles. The number of alkyl halides is 3. The summed E-state index contributed by atoms with van der Waals surface area (Å²) < 4.78 is 43.8. The lowest BCUT2D eigenvalue weighted by Gasteiger charge is -2.14. The lowest BCUT2D eigenvalue weighted by molar-refractivity contribution is -0.137. The number of carbonyl (C=O) groups excluding carboxylic acids is 1. The molecule has 0 bridgehead atoms. The molecule has 0 aliphatic rings. The first-order valence-electron chi connectivity index (χ1n) is 5.77. The first kappa shape index (κ1) is 15.4. The Morgan fingerprint density at radius 1 is 1.10 bits per heavy atom. The number of anilines is 1. The molecule has 110 valence electrons. The smallest absolute Gasteiger partial charge is 0.410 e. The molecule has 3 nitrogen and oxygen atoms in total. The zero-order chi connectivity index (χ0) is 15.5. The van der Waals surface area contributed by atoms with Gasteiger partial charge in [0.15, 0.2) is 0 Å². The molecule has 2 aromatic rings. The molecule has 0 aromatic heterocycles. The molecular weight excluding hydrogens is 351 g/mol. The number of carbonyl (C=O) groups is 1. The summed E-state index contributed by atoms with van der Waals surface area (Å²) in [5.41, 5.74) is -1.33. The van der Waals surface area contributed by atoms with Crippen molar-refractivity contribution in [1.82, 2.24) is 0 Å². The van der Waals surface area contributed by atoms with Gasteiger partial charge in [-0.05, 0) is 30.3 Å². The Hall–Kier alpha value is -2.02. The van der Waals surface area contributed by atoms with Gasteiger partial charge in [-0.1, -0.05) is 34.1 Å². The van der Waals surface area contributed by atoms with E-state index in [2.05, 4.69) is 21.2 Å². The molecule has 0 atom stereocenters. The van der Waals surface area contributed by atoms with Gasteiger partial charge in [0, 0.05) is 4.47 Å². The highest BCUT2D eigenvalue weighted by Crippen LogP contribution is 2.36. The van der Waals surface area contributed by atoms with Gasteiger partial charge in [0.05, 0.1) is 11.3 Å². The van der Waals surface area contributed by atoms with Gasteiger partial charge in [0.1, 0.15) is 5.75 Å². The second-order valence-corrected chi connectivity index (χ2v) is 4.93. The fourth-order valence-corrected chi connectivity index (χ4v) is 1.95. The summed E-state index contributed by atoms with van der Waals surface area (Å²) in [6.45, 7) is 0. The molecule has 1 N–H and O–H groups in total. The van der Waals surface area contributed by atoms with Crippen LogP contribution in [-0.2, 0) is 6.18 Å². The van der Waals surface area contributed by atoms with Crippen molar-refractivity contribution in [1.29, 1.82) is 0 Å². The summed E-state index contributed by atoms with van der Waals surface area (Å²) in [7, 11) is 0. The fraction of sp³-hybridized carbons (Fsp3) is 0.0714. The summed E-state index contributed by atoms with van der Waals surface area (Å²) in [5, 5.41) is 2.09. The van der Waals surface area contributed by atoms with E-state index in [4.69, 9.17) is 4.74 Å². The Bertz CT molecular complexity index is 644. The van der Waals surface area contributed by atoms with Crippen LogP contribution in [-0.4, -0.2) is 6.09 Å². The fourth-order valence-electron chi connectivity index (χ4n) is 1.59. The van der Waals surface area contributed by atoms with E-state index in [1.807, 2.05) is 0 Å². The Morgan fingerprint density at radius 2 is 1.76 bits per heavy atom. The first-order chi connectivity index (χ1) is 9.86. The van der Waals surface area contributed by atoms with Crippen molar-refractivity contribution in [3.05, 3.63) is 58.6 Å². The molecule has 0 unspecified atom stereocenters. The molecule has 0 heterocycles. The summed E-state index contributed by atoms with van der Waals surface area (Å²) in [5.74, 6) is 0.237. The number of amides is 1. The summed E-state index contributed by atoms with van der Waals surface area (Å²) in [6.07, 6.45) is -5.58. The summed E-state index contributed by atoms with van der Waals surface area (Å²) in [6, 6.07) is 11.5. The Kier molecular flexibility index (Phi) is 4.52. The van der Waals surface area contributed by atoms with E-state index in [0.29, 0.717) is 0 Å². The lowest BCUT2D eigenvalue weighted by Crippen LogP contribution is -2.19. The molecule has 0 aliphatic carbocycles. The number of hydrogen-bond acceptors (Lipinski definition) is 2. The predicted molar refractivity (Wildman–Crippen MR) is 75.2 cm³/mol. The largest absolute Gasteiger partial charge is 0.418 e. The van der Waals surface area contributed by atoms with E-state index < -0.39 is 17.8 Å². The average Bonchev–Trinajstić information content (AvgIpc) is 2.40. The zero-order valence-corrected chi connectivity index (χ0v) is 12.0. The van der Waals surface area contributed by atoms with Crippen LogP contribution in [0.25, 0.3) is 0 Å². The highest BCUT2D eigenvalue weighted by Gasteiger charge is 2.34. The van der Waals surface area contributed by atoms with Gasteiger partial charge in [-0.15, -0.1) is 0 Å². The van der Waals surface area contributed by atoms with Crippen LogP contribution in [0.5, 0.6) is 5.75 Å². The standard InChI is InChI=1S/C14H9BrF3NO2/c15-9-6-7-12(11(8-9)14(16,17)18)19-13(20)21-10-4-2-1-3-5-10/h1-8H,(H,19,20). The van der Waals surface area contributed by atoms with E-state index in [-0.39, 0.29) is 15.9 Å². The lowest BCUT2D eigenvalue weighted by atomic mass is 10.1. The molecule has 2 rings (SSSR count). The van der Waals surface area contributed by atoms with Gasteiger partial charge in [-0.3, -0.25) is 5.32 Å². The topological polar surface area (TPSA) is 38.3 Å². The highest BCUT2D eigenvalue weighted by atomic mass is 79.9. The van der Waals surface area contributed by atoms with Gasteiger partial charge >= 0.3 is 12.3 Å². The summed E-state index contributed by atoms with van der Waals surface area (Å²) in [4.78, 5) is 11.6. The van der Waals surface area contributed by atoms with E-state index in [0.717, 1.165) is 12.1 Å². The maximum atomic E-state index is 12.9. The number of ether oxygens (including phenoxy) is 1. The third-order valence-electron chi connectivity index (χ3n) is 2.48. The van der Waals surface area contributed by atoms with E-state index in [1.54, 1.807) is 18.2 Å². The minimum Gasteiger partial charge on any atom is -0.410 e. The molecule has 0 saturated carbocycles. The number of para-hydroxylation sites is 1. The van der Waals surface area contributed by atoms with E-state index in [9.17, 15) is 18.0 Å². The van der Waals surface area contributed by atoms with Crippen LogP contribution in [0.15, 0.2) is 53.0 Å². The van der Waals surface area contributed by atoms with Crippen molar-refractivity contribution in [2.24, 2.45) is 0 Å². The van der Waals surface area contributed by atoms with Gasteiger partial charge < -0.3 is 4.74 Å². The Morgan fingerprint density at radius 3 is 2.38 bits per heavy atom. The van der Waals surface area contributed by atoms with Crippen molar-refractivity contribution < 1.29 is 22.7 Å². The maximum absolute atomic E-state index is 12.9. The van der Waals surface area contributed by atoms with Gasteiger partial charge in [0.25, 0.3) is 0 Å². The van der Waals surface area contributed by atoms with Crippen molar-refractivity contribution in [3.63, 3.8) is 0 Å². The molecule has 0 fully saturated rings. The molecular formula is C14H9BrF3NO2. The molecule has 0 spiro atoms. The summed E-state index contributed by atoms with van der Waals surface area (Å²) >= 11 is 2.96. The molecule has 0 aliphatic heterocycles. The predicted octanol–water partition coefficient (Wildman–Crippen LogP) is 5.08. The van der Waals surface area contributed by atoms with Crippen LogP contribution in [0.4, 0.5) is 23.7 Å². The Labute approximate surface area is 126 Å². The Balaban J connectivity index is 2.18. The molecule has 7 heteroatoms. The van der Waals surface area contributed by atoms with Crippen molar-refractivity contribution in [3.8, 4) is 5.75 Å². The number of rotatable bonds is 2. The number of nitrogens with one attached hydrogen (secondary N) is 1. The van der Waals surface area contributed by atoms with Crippen LogP contribution >= 0.6 is 15.9 Å². The van der Waals surface area contributed by atoms with Crippen LogP contribution in [0.1, 0.15) is 5.56 Å². The number of halogens is 4. The average molecular weight is 360 g/mol.